The van der Waals surface area contributed by atoms with E-state index in [9.17, 15) is 14.7 Å². The average Bonchev–Trinajstić information content (AvgIpc) is 2.48. The molecule has 110 valence electrons. The van der Waals surface area contributed by atoms with Gasteiger partial charge in [-0.2, -0.15) is 0 Å². The van der Waals surface area contributed by atoms with Gasteiger partial charge in [0.05, 0.1) is 11.8 Å². The summed E-state index contributed by atoms with van der Waals surface area (Å²) in [6.45, 7) is 0.491. The second kappa shape index (κ2) is 4.76. The van der Waals surface area contributed by atoms with Crippen molar-refractivity contribution in [3.05, 3.63) is 35.9 Å². The molecule has 2 aliphatic heterocycles. The molecule has 0 unspecified atom stereocenters. The van der Waals surface area contributed by atoms with Gasteiger partial charge >= 0.3 is 6.09 Å². The van der Waals surface area contributed by atoms with Gasteiger partial charge in [0.25, 0.3) is 0 Å². The van der Waals surface area contributed by atoms with E-state index in [1.165, 1.54) is 11.1 Å². The van der Waals surface area contributed by atoms with Crippen LogP contribution in [0, 0.1) is 0 Å². The molecule has 2 aliphatic rings. The lowest BCUT2D eigenvalue weighted by atomic mass is 9.79. The molecule has 0 atom stereocenters. The Morgan fingerprint density at radius 2 is 2.14 bits per heavy atom. The number of rotatable bonds is 0. The number of hydrogen-bond acceptors (Lipinski definition) is 5. The summed E-state index contributed by atoms with van der Waals surface area (Å²) >= 11 is 0. The van der Waals surface area contributed by atoms with Gasteiger partial charge in [0.15, 0.2) is 5.69 Å². The molecule has 7 nitrogen and oxygen atoms in total. The number of Topliss-reactive ketones (excluding diaryl/α,β-unsaturated/α-hetero) is 1. The molecule has 7 heteroatoms. The van der Waals surface area contributed by atoms with E-state index < -0.39 is 11.7 Å². The molecule has 1 fully saturated rings. The summed E-state index contributed by atoms with van der Waals surface area (Å²) in [6, 6.07) is 3.32. The van der Waals surface area contributed by atoms with Gasteiger partial charge in [0.2, 0.25) is 5.78 Å². The van der Waals surface area contributed by atoms with Crippen LogP contribution in [0.25, 0.3) is 0 Å². The molecule has 1 aromatic heterocycles. The van der Waals surface area contributed by atoms with E-state index in [4.69, 9.17) is 9.84 Å². The van der Waals surface area contributed by atoms with Gasteiger partial charge in [-0.15, -0.1) is 0 Å². The summed E-state index contributed by atoms with van der Waals surface area (Å²) in [6.07, 6.45) is 1.87. The zero-order valence-electron chi connectivity index (χ0n) is 11.2. The van der Waals surface area contributed by atoms with Crippen molar-refractivity contribution in [2.75, 3.05) is 13.1 Å². The van der Waals surface area contributed by atoms with Crippen LogP contribution in [0.1, 0.15) is 23.3 Å². The fraction of sp³-hybridized carbons (Fsp3) is 0.357. The SMILES string of the molecule is O=C1C(=CO)C2(CCN(C(=O)O)CC2)Oc2cccnc21. The number of carboxylic acid groups (broad SMARTS) is 1. The van der Waals surface area contributed by atoms with Crippen molar-refractivity contribution >= 4 is 11.9 Å². The minimum absolute atomic E-state index is 0.138. The highest BCUT2D eigenvalue weighted by Gasteiger charge is 2.48. The Morgan fingerprint density at radius 3 is 2.76 bits per heavy atom. The summed E-state index contributed by atoms with van der Waals surface area (Å²) in [5, 5.41) is 18.5. The van der Waals surface area contributed by atoms with E-state index in [0.717, 1.165) is 6.26 Å². The Balaban J connectivity index is 1.97. The summed E-state index contributed by atoms with van der Waals surface area (Å²) in [5.74, 6) is 0.000000000000000666. The lowest BCUT2D eigenvalue weighted by Gasteiger charge is -2.43. The number of ketones is 1. The third-order valence-corrected chi connectivity index (χ3v) is 4.00. The largest absolute Gasteiger partial charge is 0.515 e. The molecule has 3 heterocycles. The highest BCUT2D eigenvalue weighted by molar-refractivity contribution is 6.11. The number of aromatic nitrogens is 1. The first-order valence-corrected chi connectivity index (χ1v) is 6.59. The molecule has 0 aliphatic carbocycles. The van der Waals surface area contributed by atoms with Crippen molar-refractivity contribution in [1.82, 2.24) is 9.88 Å². The third-order valence-electron chi connectivity index (χ3n) is 4.00. The first-order valence-electron chi connectivity index (χ1n) is 6.59. The number of aliphatic hydroxyl groups excluding tert-OH is 1. The molecule has 1 aromatic rings. The van der Waals surface area contributed by atoms with Crippen LogP contribution < -0.4 is 4.74 Å². The van der Waals surface area contributed by atoms with Crippen LogP contribution >= 0.6 is 0 Å². The standard InChI is InChI=1S/C14H14N2O5/c17-8-9-12(18)11-10(2-1-5-15-11)21-14(9)3-6-16(7-4-14)13(19)20/h1-2,5,8,17H,3-4,6-7H2,(H,19,20). The lowest BCUT2D eigenvalue weighted by molar-refractivity contribution is 0.0229. The molecule has 3 rings (SSSR count). The summed E-state index contributed by atoms with van der Waals surface area (Å²) in [5.41, 5.74) is -0.670. The quantitative estimate of drug-likeness (QED) is 0.556. The summed E-state index contributed by atoms with van der Waals surface area (Å²) in [4.78, 5) is 28.7. The topological polar surface area (TPSA) is 100.0 Å². The molecule has 1 amide bonds. The maximum Gasteiger partial charge on any atom is 0.407 e. The number of aliphatic hydroxyl groups is 1. The Hall–Kier alpha value is -2.57. The highest BCUT2D eigenvalue weighted by Crippen LogP contribution is 2.41. The number of nitrogens with zero attached hydrogens (tertiary/aromatic N) is 2. The predicted octanol–water partition coefficient (Wildman–Crippen LogP) is 1.61. The second-order valence-corrected chi connectivity index (χ2v) is 5.09. The Bertz CT molecular complexity index is 632. The van der Waals surface area contributed by atoms with Crippen LogP contribution in [0.4, 0.5) is 4.79 Å². The number of ether oxygens (including phenoxy) is 1. The number of fused-ring (bicyclic) bond motifs is 1. The van der Waals surface area contributed by atoms with Crippen molar-refractivity contribution in [2.24, 2.45) is 0 Å². The predicted molar refractivity (Wildman–Crippen MR) is 71.5 cm³/mol. The first kappa shape index (κ1) is 13.4. The minimum atomic E-state index is -0.997. The maximum atomic E-state index is 12.4. The number of carbonyl (C=O) groups is 2. The number of likely N-dealkylation sites (tertiary alicyclic amines) is 1. The molecule has 2 N–H and O–H groups in total. The Morgan fingerprint density at radius 1 is 1.43 bits per heavy atom. The van der Waals surface area contributed by atoms with E-state index in [-0.39, 0.29) is 30.1 Å². The lowest BCUT2D eigenvalue weighted by Crippen LogP contribution is -2.53. The Kier molecular flexibility index (Phi) is 3.04. The molecule has 0 saturated carbocycles. The van der Waals surface area contributed by atoms with Crippen molar-refractivity contribution < 1.29 is 24.5 Å². The zero-order chi connectivity index (χ0) is 15.0. The Labute approximate surface area is 120 Å². The highest BCUT2D eigenvalue weighted by atomic mass is 16.5. The van der Waals surface area contributed by atoms with Crippen molar-refractivity contribution in [2.45, 2.75) is 18.4 Å². The van der Waals surface area contributed by atoms with E-state index in [0.29, 0.717) is 18.6 Å². The second-order valence-electron chi connectivity index (χ2n) is 5.09. The zero-order valence-corrected chi connectivity index (χ0v) is 11.2. The normalized spacial score (nSPS) is 22.0. The van der Waals surface area contributed by atoms with Crippen molar-refractivity contribution in [3.63, 3.8) is 0 Å². The number of amides is 1. The molecule has 0 radical (unpaired) electrons. The smallest absolute Gasteiger partial charge is 0.407 e. The molecule has 1 spiro atoms. The van der Waals surface area contributed by atoms with Crippen LogP contribution in [-0.4, -0.2) is 50.7 Å². The molecule has 1 saturated heterocycles. The van der Waals surface area contributed by atoms with Crippen molar-refractivity contribution in [1.29, 1.82) is 0 Å². The van der Waals surface area contributed by atoms with Crippen LogP contribution in [0.2, 0.25) is 0 Å². The fourth-order valence-electron chi connectivity index (χ4n) is 2.85. The van der Waals surface area contributed by atoms with Gasteiger partial charge in [0.1, 0.15) is 11.4 Å². The number of pyridine rings is 1. The van der Waals surface area contributed by atoms with E-state index in [1.807, 2.05) is 0 Å². The molecule has 0 aromatic carbocycles. The molecular formula is C14H14N2O5. The minimum Gasteiger partial charge on any atom is -0.515 e. The number of piperidine rings is 1. The van der Waals surface area contributed by atoms with Gasteiger partial charge in [-0.1, -0.05) is 0 Å². The summed E-state index contributed by atoms with van der Waals surface area (Å²) in [7, 11) is 0. The fourth-order valence-corrected chi connectivity index (χ4v) is 2.85. The summed E-state index contributed by atoms with van der Waals surface area (Å²) < 4.78 is 5.93. The molecule has 0 bridgehead atoms. The van der Waals surface area contributed by atoms with E-state index in [1.54, 1.807) is 12.1 Å². The van der Waals surface area contributed by atoms with Gasteiger partial charge in [0, 0.05) is 32.1 Å². The van der Waals surface area contributed by atoms with Crippen LogP contribution in [-0.2, 0) is 0 Å². The van der Waals surface area contributed by atoms with E-state index >= 15 is 0 Å². The van der Waals surface area contributed by atoms with Gasteiger partial charge in [-0.3, -0.25) is 4.79 Å². The number of carbonyl (C=O) groups excluding carboxylic acids is 1. The van der Waals surface area contributed by atoms with Crippen LogP contribution in [0.5, 0.6) is 5.75 Å². The third kappa shape index (κ3) is 2.01. The van der Waals surface area contributed by atoms with Gasteiger partial charge in [-0.25, -0.2) is 9.78 Å². The average molecular weight is 290 g/mol. The molecule has 21 heavy (non-hydrogen) atoms. The van der Waals surface area contributed by atoms with Gasteiger partial charge < -0.3 is 19.8 Å². The number of hydrogen-bond donors (Lipinski definition) is 2. The van der Waals surface area contributed by atoms with Crippen LogP contribution in [0.15, 0.2) is 30.2 Å². The monoisotopic (exact) mass is 290 g/mol. The maximum absolute atomic E-state index is 12.4. The first-order chi connectivity index (χ1) is 10.1. The van der Waals surface area contributed by atoms with Crippen LogP contribution in [0.3, 0.4) is 0 Å². The molecular weight excluding hydrogens is 276 g/mol. The van der Waals surface area contributed by atoms with Crippen molar-refractivity contribution in [3.8, 4) is 5.75 Å². The van der Waals surface area contributed by atoms with Gasteiger partial charge in [-0.05, 0) is 12.1 Å². The van der Waals surface area contributed by atoms with E-state index in [2.05, 4.69) is 4.98 Å².